The minimum atomic E-state index is -1.58. The Morgan fingerprint density at radius 1 is 1.37 bits per heavy atom. The van der Waals surface area contributed by atoms with E-state index in [2.05, 4.69) is 6.92 Å². The van der Waals surface area contributed by atoms with Crippen LogP contribution in [0.25, 0.3) is 0 Å². The van der Waals surface area contributed by atoms with Gasteiger partial charge in [-0.05, 0) is 18.4 Å². The zero-order chi connectivity index (χ0) is 19.2. The van der Waals surface area contributed by atoms with Gasteiger partial charge >= 0.3 is 5.97 Å². The number of carbonyl (C=O) groups is 2. The molecule has 1 aromatic carbocycles. The smallest absolute Gasteiger partial charge is 0.349 e. The Bertz CT molecular complexity index is 613. The molecule has 3 atom stereocenters. The van der Waals surface area contributed by atoms with Gasteiger partial charge in [-0.1, -0.05) is 63.9 Å². The van der Waals surface area contributed by atoms with Gasteiger partial charge in [-0.15, -0.1) is 12.4 Å². The first-order valence-corrected chi connectivity index (χ1v) is 9.38. The standard InChI is InChI=1S/C20H30N2O4.ClH/c1-4-5-9-12-26-22(20(21)16(3)14-25-19(20)24)18(23)15(2)13-17-10-7-6-8-11-17;/h6-8,10-11,15-16H,4-5,9,12-14,21H2,1-3H3;1H/t15?,16-,20+;/m1./s1. The van der Waals surface area contributed by atoms with Crippen LogP contribution < -0.4 is 5.73 Å². The predicted octanol–water partition coefficient (Wildman–Crippen LogP) is 3.09. The Morgan fingerprint density at radius 2 is 2.04 bits per heavy atom. The van der Waals surface area contributed by atoms with Gasteiger partial charge in [-0.3, -0.25) is 15.4 Å². The fraction of sp³-hybridized carbons (Fsp3) is 0.600. The van der Waals surface area contributed by atoms with Crippen molar-refractivity contribution in [3.05, 3.63) is 35.9 Å². The number of hydrogen-bond acceptors (Lipinski definition) is 5. The average Bonchev–Trinajstić information content (AvgIpc) is 2.90. The highest BCUT2D eigenvalue weighted by atomic mass is 35.5. The van der Waals surface area contributed by atoms with Crippen LogP contribution in [0, 0.1) is 11.8 Å². The number of ether oxygens (including phenoxy) is 1. The highest BCUT2D eigenvalue weighted by Crippen LogP contribution is 2.30. The molecular weight excluding hydrogens is 368 g/mol. The number of benzene rings is 1. The van der Waals surface area contributed by atoms with Crippen molar-refractivity contribution in [1.82, 2.24) is 5.06 Å². The van der Waals surface area contributed by atoms with Crippen molar-refractivity contribution in [3.8, 4) is 0 Å². The number of nitrogens with zero attached hydrogens (tertiary/aromatic N) is 1. The second-order valence-electron chi connectivity index (χ2n) is 7.09. The van der Waals surface area contributed by atoms with Gasteiger partial charge in [-0.2, -0.15) is 5.06 Å². The minimum Gasteiger partial charge on any atom is -0.462 e. The third-order valence-electron chi connectivity index (χ3n) is 4.85. The van der Waals surface area contributed by atoms with Crippen LogP contribution in [-0.2, 0) is 25.6 Å². The normalized spacial score (nSPS) is 22.7. The summed E-state index contributed by atoms with van der Waals surface area (Å²) < 4.78 is 5.10. The number of cyclic esters (lactones) is 1. The second-order valence-corrected chi connectivity index (χ2v) is 7.09. The molecule has 1 unspecified atom stereocenters. The van der Waals surface area contributed by atoms with E-state index in [1.165, 1.54) is 0 Å². The fourth-order valence-corrected chi connectivity index (χ4v) is 3.04. The van der Waals surface area contributed by atoms with Gasteiger partial charge in [0.1, 0.15) is 0 Å². The summed E-state index contributed by atoms with van der Waals surface area (Å²) in [5.41, 5.74) is 5.82. The number of amides is 1. The molecule has 1 fully saturated rings. The van der Waals surface area contributed by atoms with Crippen LogP contribution in [-0.4, -0.2) is 35.8 Å². The molecule has 1 aliphatic heterocycles. The topological polar surface area (TPSA) is 81.9 Å². The molecule has 0 saturated carbocycles. The molecule has 7 heteroatoms. The zero-order valence-corrected chi connectivity index (χ0v) is 17.2. The summed E-state index contributed by atoms with van der Waals surface area (Å²) in [7, 11) is 0. The molecule has 1 amide bonds. The van der Waals surface area contributed by atoms with Gasteiger partial charge < -0.3 is 4.74 Å². The number of rotatable bonds is 9. The average molecular weight is 399 g/mol. The molecular formula is C20H31ClN2O4. The van der Waals surface area contributed by atoms with Crippen molar-refractivity contribution in [2.24, 2.45) is 17.6 Å². The van der Waals surface area contributed by atoms with Crippen molar-refractivity contribution in [3.63, 3.8) is 0 Å². The Balaban J connectivity index is 0.00000364. The lowest BCUT2D eigenvalue weighted by atomic mass is 9.95. The molecule has 1 heterocycles. The van der Waals surface area contributed by atoms with E-state index >= 15 is 0 Å². The van der Waals surface area contributed by atoms with E-state index in [4.69, 9.17) is 15.3 Å². The maximum atomic E-state index is 13.1. The first-order valence-electron chi connectivity index (χ1n) is 9.38. The number of halogens is 1. The summed E-state index contributed by atoms with van der Waals surface area (Å²) in [4.78, 5) is 31.2. The third kappa shape index (κ3) is 5.43. The zero-order valence-electron chi connectivity index (χ0n) is 16.3. The SMILES string of the molecule is CCCCCON(C(=O)C(C)Cc1ccccc1)[C@]1(N)C(=O)OC[C@H]1C.Cl. The molecule has 152 valence electrons. The number of nitrogens with two attached hydrogens (primary N) is 1. The lowest BCUT2D eigenvalue weighted by molar-refractivity contribution is -0.230. The molecule has 0 spiro atoms. The second kappa shape index (κ2) is 10.6. The summed E-state index contributed by atoms with van der Waals surface area (Å²) >= 11 is 0. The van der Waals surface area contributed by atoms with Crippen molar-refractivity contribution in [2.45, 2.75) is 52.1 Å². The Hall–Kier alpha value is -1.63. The molecule has 2 rings (SSSR count). The maximum Gasteiger partial charge on any atom is 0.349 e. The number of hydroxylamine groups is 2. The lowest BCUT2D eigenvalue weighted by Gasteiger charge is -2.37. The number of unbranched alkanes of at least 4 members (excludes halogenated alkanes) is 2. The molecule has 0 radical (unpaired) electrons. The molecule has 1 saturated heterocycles. The molecule has 0 aromatic heterocycles. The molecule has 0 bridgehead atoms. The minimum absolute atomic E-state index is 0. The van der Waals surface area contributed by atoms with Gasteiger partial charge in [0.15, 0.2) is 0 Å². The summed E-state index contributed by atoms with van der Waals surface area (Å²) in [6.07, 6.45) is 3.37. The Labute approximate surface area is 167 Å². The molecule has 27 heavy (non-hydrogen) atoms. The molecule has 2 N–H and O–H groups in total. The summed E-state index contributed by atoms with van der Waals surface area (Å²) in [6, 6.07) is 9.75. The van der Waals surface area contributed by atoms with Gasteiger partial charge in [-0.25, -0.2) is 4.79 Å². The molecule has 6 nitrogen and oxygen atoms in total. The first-order chi connectivity index (χ1) is 12.4. The number of carbonyl (C=O) groups excluding carboxylic acids is 2. The number of hydrogen-bond donors (Lipinski definition) is 1. The van der Waals surface area contributed by atoms with Crippen LogP contribution in [0.4, 0.5) is 0 Å². The van der Waals surface area contributed by atoms with Crippen LogP contribution in [0.15, 0.2) is 30.3 Å². The van der Waals surface area contributed by atoms with Crippen LogP contribution in [0.1, 0.15) is 45.6 Å². The van der Waals surface area contributed by atoms with Gasteiger partial charge in [0, 0.05) is 11.8 Å². The fourth-order valence-electron chi connectivity index (χ4n) is 3.04. The van der Waals surface area contributed by atoms with Crippen LogP contribution in [0.3, 0.4) is 0 Å². The van der Waals surface area contributed by atoms with Crippen molar-refractivity contribution < 1.29 is 19.2 Å². The van der Waals surface area contributed by atoms with Crippen molar-refractivity contribution in [2.75, 3.05) is 13.2 Å². The quantitative estimate of drug-likeness (QED) is 0.299. The summed E-state index contributed by atoms with van der Waals surface area (Å²) in [6.45, 7) is 6.24. The number of esters is 1. The van der Waals surface area contributed by atoms with E-state index in [1.807, 2.05) is 37.3 Å². The van der Waals surface area contributed by atoms with Crippen LogP contribution >= 0.6 is 12.4 Å². The van der Waals surface area contributed by atoms with Gasteiger partial charge in [0.25, 0.3) is 5.91 Å². The van der Waals surface area contributed by atoms with Crippen molar-refractivity contribution in [1.29, 1.82) is 0 Å². The Kier molecular flexibility index (Phi) is 9.22. The Morgan fingerprint density at radius 3 is 2.59 bits per heavy atom. The predicted molar refractivity (Wildman–Crippen MR) is 106 cm³/mol. The summed E-state index contributed by atoms with van der Waals surface area (Å²) in [5, 5.41) is 1.09. The third-order valence-corrected chi connectivity index (χ3v) is 4.85. The van der Waals surface area contributed by atoms with E-state index in [1.54, 1.807) is 6.92 Å². The molecule has 1 aromatic rings. The molecule has 0 aliphatic carbocycles. The van der Waals surface area contributed by atoms with E-state index in [9.17, 15) is 9.59 Å². The highest BCUT2D eigenvalue weighted by Gasteiger charge is 2.55. The van der Waals surface area contributed by atoms with Gasteiger partial charge in [0.05, 0.1) is 13.2 Å². The van der Waals surface area contributed by atoms with Crippen molar-refractivity contribution >= 4 is 24.3 Å². The van der Waals surface area contributed by atoms with E-state index < -0.39 is 11.6 Å². The lowest BCUT2D eigenvalue weighted by Crippen LogP contribution is -2.65. The van der Waals surface area contributed by atoms with Crippen LogP contribution in [0.2, 0.25) is 0 Å². The van der Waals surface area contributed by atoms with Gasteiger partial charge in [0.2, 0.25) is 5.66 Å². The molecule has 1 aliphatic rings. The van der Waals surface area contributed by atoms with E-state index in [0.29, 0.717) is 13.0 Å². The van der Waals surface area contributed by atoms with E-state index in [0.717, 1.165) is 29.9 Å². The summed E-state index contributed by atoms with van der Waals surface area (Å²) in [5.74, 6) is -1.61. The van der Waals surface area contributed by atoms with Crippen LogP contribution in [0.5, 0.6) is 0 Å². The highest BCUT2D eigenvalue weighted by molar-refractivity contribution is 5.89. The van der Waals surface area contributed by atoms with E-state index in [-0.39, 0.29) is 36.8 Å². The first kappa shape index (κ1) is 23.4. The maximum absolute atomic E-state index is 13.1. The monoisotopic (exact) mass is 398 g/mol. The largest absolute Gasteiger partial charge is 0.462 e.